The molecule has 0 spiro atoms. The fourth-order valence-electron chi connectivity index (χ4n) is 5.98. The summed E-state index contributed by atoms with van der Waals surface area (Å²) in [6.45, 7) is 0. The highest BCUT2D eigenvalue weighted by atomic mass is 32.1. The van der Waals surface area contributed by atoms with Crippen molar-refractivity contribution in [3.63, 3.8) is 0 Å². The normalized spacial score (nSPS) is 11.5. The van der Waals surface area contributed by atoms with Gasteiger partial charge in [0.2, 0.25) is 0 Å². The van der Waals surface area contributed by atoms with Crippen molar-refractivity contribution < 1.29 is 4.42 Å². The van der Waals surface area contributed by atoms with E-state index in [0.717, 1.165) is 59.4 Å². The van der Waals surface area contributed by atoms with Gasteiger partial charge in [-0.05, 0) is 35.4 Å². The Labute approximate surface area is 268 Å². The summed E-state index contributed by atoms with van der Waals surface area (Å²) in [5, 5.41) is 2.97. The SMILES string of the molecule is c1ccc(-c2ccc(-c3nc4c(-c5nc(-c6ccccc6)nc(-c6cccc7oc8ccccc8c67)n5)cccc4s3)cc2)cc1. The molecule has 3 aromatic heterocycles. The molecule has 0 saturated heterocycles. The van der Waals surface area contributed by atoms with Crippen molar-refractivity contribution in [1.29, 1.82) is 0 Å². The van der Waals surface area contributed by atoms with E-state index in [1.54, 1.807) is 11.3 Å². The van der Waals surface area contributed by atoms with Crippen LogP contribution < -0.4 is 0 Å². The number of nitrogens with zero attached hydrogens (tertiary/aromatic N) is 4. The molecule has 3 heterocycles. The van der Waals surface area contributed by atoms with Crippen LogP contribution in [-0.4, -0.2) is 19.9 Å². The Morgan fingerprint density at radius 2 is 1.00 bits per heavy atom. The average molecular weight is 609 g/mol. The summed E-state index contributed by atoms with van der Waals surface area (Å²) in [7, 11) is 0. The van der Waals surface area contributed by atoms with E-state index in [-0.39, 0.29) is 0 Å². The third-order valence-corrected chi connectivity index (χ3v) is 9.28. The largest absolute Gasteiger partial charge is 0.456 e. The molecule has 0 aliphatic rings. The molecule has 0 saturated carbocycles. The number of para-hydroxylation sites is 2. The summed E-state index contributed by atoms with van der Waals surface area (Å²) < 4.78 is 7.27. The summed E-state index contributed by atoms with van der Waals surface area (Å²) in [4.78, 5) is 20.3. The van der Waals surface area contributed by atoms with Gasteiger partial charge >= 0.3 is 0 Å². The van der Waals surface area contributed by atoms with Gasteiger partial charge in [-0.3, -0.25) is 0 Å². The minimum absolute atomic E-state index is 0.579. The fourth-order valence-corrected chi connectivity index (χ4v) is 6.98. The standard InChI is InChI=1S/C40H24N4OS/c1-3-11-25(12-4-1)26-21-23-28(24-22-26)40-41-36-31(17-10-20-34(36)46-40)39-43-37(27-13-5-2-6-14-27)42-38(44-39)30-16-9-19-33-35(30)29-15-7-8-18-32(29)45-33/h1-24H. The van der Waals surface area contributed by atoms with Crippen LogP contribution in [0.15, 0.2) is 150 Å². The summed E-state index contributed by atoms with van der Waals surface area (Å²) in [6.07, 6.45) is 0. The third kappa shape index (κ3) is 4.55. The number of aromatic nitrogens is 4. The lowest BCUT2D eigenvalue weighted by atomic mass is 10.0. The zero-order valence-electron chi connectivity index (χ0n) is 24.5. The van der Waals surface area contributed by atoms with Crippen molar-refractivity contribution in [3.8, 4) is 55.9 Å². The highest BCUT2D eigenvalue weighted by molar-refractivity contribution is 7.21. The first-order valence-electron chi connectivity index (χ1n) is 15.1. The molecule has 0 aliphatic heterocycles. The molecule has 6 heteroatoms. The van der Waals surface area contributed by atoms with E-state index >= 15 is 0 Å². The molecule has 0 aliphatic carbocycles. The van der Waals surface area contributed by atoms with Gasteiger partial charge in [0.1, 0.15) is 16.2 Å². The van der Waals surface area contributed by atoms with Crippen molar-refractivity contribution in [2.45, 2.75) is 0 Å². The fraction of sp³-hybridized carbons (Fsp3) is 0. The Balaban J connectivity index is 1.21. The monoisotopic (exact) mass is 608 g/mol. The van der Waals surface area contributed by atoms with Gasteiger partial charge in [0.25, 0.3) is 0 Å². The number of hydrogen-bond donors (Lipinski definition) is 0. The molecule has 6 aromatic carbocycles. The van der Waals surface area contributed by atoms with Crippen molar-refractivity contribution in [2.24, 2.45) is 0 Å². The maximum atomic E-state index is 6.20. The lowest BCUT2D eigenvalue weighted by molar-refractivity contribution is 0.669. The molecule has 9 rings (SSSR count). The second-order valence-corrected chi connectivity index (χ2v) is 12.1. The smallest absolute Gasteiger partial charge is 0.166 e. The molecule has 5 nitrogen and oxygen atoms in total. The predicted molar refractivity (Wildman–Crippen MR) is 187 cm³/mol. The lowest BCUT2D eigenvalue weighted by Crippen LogP contribution is -2.00. The van der Waals surface area contributed by atoms with Crippen molar-refractivity contribution >= 4 is 43.5 Å². The first kappa shape index (κ1) is 26.4. The Bertz CT molecular complexity index is 2520. The maximum absolute atomic E-state index is 6.20. The maximum Gasteiger partial charge on any atom is 0.166 e. The number of thiazole rings is 1. The first-order chi connectivity index (χ1) is 22.8. The number of fused-ring (bicyclic) bond motifs is 4. The van der Waals surface area contributed by atoms with Crippen LogP contribution in [0.1, 0.15) is 0 Å². The Hall–Kier alpha value is -5.98. The van der Waals surface area contributed by atoms with Gasteiger partial charge in [-0.2, -0.15) is 0 Å². The Morgan fingerprint density at radius 3 is 1.80 bits per heavy atom. The Kier molecular flexibility index (Phi) is 6.25. The van der Waals surface area contributed by atoms with Crippen LogP contribution in [0.3, 0.4) is 0 Å². The minimum atomic E-state index is 0.579. The zero-order chi connectivity index (χ0) is 30.5. The molecule has 0 fully saturated rings. The van der Waals surface area contributed by atoms with Gasteiger partial charge in [-0.25, -0.2) is 19.9 Å². The average Bonchev–Trinajstić information content (AvgIpc) is 3.74. The molecule has 46 heavy (non-hydrogen) atoms. The topological polar surface area (TPSA) is 64.7 Å². The molecule has 0 bridgehead atoms. The lowest BCUT2D eigenvalue weighted by Gasteiger charge is -2.09. The van der Waals surface area contributed by atoms with E-state index in [4.69, 9.17) is 24.4 Å². The summed E-state index contributed by atoms with van der Waals surface area (Å²) in [5.41, 5.74) is 8.63. The van der Waals surface area contributed by atoms with Crippen LogP contribution in [0, 0.1) is 0 Å². The van der Waals surface area contributed by atoms with Crippen LogP contribution in [0.2, 0.25) is 0 Å². The van der Waals surface area contributed by atoms with Gasteiger partial charge in [-0.1, -0.05) is 121 Å². The second-order valence-electron chi connectivity index (χ2n) is 11.1. The van der Waals surface area contributed by atoms with E-state index in [1.807, 2.05) is 78.9 Å². The quantitative estimate of drug-likeness (QED) is 0.194. The molecule has 216 valence electrons. The number of benzene rings is 6. The molecule has 0 atom stereocenters. The predicted octanol–water partition coefficient (Wildman–Crippen LogP) is 10.7. The summed E-state index contributed by atoms with van der Waals surface area (Å²) >= 11 is 1.67. The third-order valence-electron chi connectivity index (χ3n) is 8.21. The van der Waals surface area contributed by atoms with Crippen molar-refractivity contribution in [1.82, 2.24) is 19.9 Å². The van der Waals surface area contributed by atoms with E-state index in [1.165, 1.54) is 11.1 Å². The first-order valence-corrected chi connectivity index (χ1v) is 15.9. The van der Waals surface area contributed by atoms with Crippen molar-refractivity contribution in [3.05, 3.63) is 146 Å². The van der Waals surface area contributed by atoms with Gasteiger partial charge in [-0.15, -0.1) is 11.3 Å². The molecule has 9 aromatic rings. The van der Waals surface area contributed by atoms with E-state index in [9.17, 15) is 0 Å². The number of rotatable bonds is 5. The molecule has 0 radical (unpaired) electrons. The second kappa shape index (κ2) is 10.9. The van der Waals surface area contributed by atoms with Crippen molar-refractivity contribution in [2.75, 3.05) is 0 Å². The molecule has 0 unspecified atom stereocenters. The van der Waals surface area contributed by atoms with E-state index < -0.39 is 0 Å². The van der Waals surface area contributed by atoms with Crippen LogP contribution in [0.5, 0.6) is 0 Å². The molecule has 0 amide bonds. The van der Waals surface area contributed by atoms with Crippen LogP contribution in [-0.2, 0) is 0 Å². The molecule has 0 N–H and O–H groups in total. The van der Waals surface area contributed by atoms with E-state index in [2.05, 4.69) is 66.7 Å². The summed E-state index contributed by atoms with van der Waals surface area (Å²) in [6, 6.07) is 49.4. The van der Waals surface area contributed by atoms with Crippen LogP contribution in [0.4, 0.5) is 0 Å². The highest BCUT2D eigenvalue weighted by Crippen LogP contribution is 2.39. The van der Waals surface area contributed by atoms with Gasteiger partial charge in [0.05, 0.1) is 10.2 Å². The highest BCUT2D eigenvalue weighted by Gasteiger charge is 2.19. The van der Waals surface area contributed by atoms with Gasteiger partial charge in [0, 0.05) is 33.0 Å². The number of hydrogen-bond acceptors (Lipinski definition) is 6. The molecular formula is C40H24N4OS. The zero-order valence-corrected chi connectivity index (χ0v) is 25.3. The number of furan rings is 1. The van der Waals surface area contributed by atoms with Gasteiger partial charge < -0.3 is 4.42 Å². The summed E-state index contributed by atoms with van der Waals surface area (Å²) in [5.74, 6) is 1.77. The minimum Gasteiger partial charge on any atom is -0.456 e. The van der Waals surface area contributed by atoms with Crippen LogP contribution >= 0.6 is 11.3 Å². The van der Waals surface area contributed by atoms with Gasteiger partial charge in [0.15, 0.2) is 17.5 Å². The Morgan fingerprint density at radius 1 is 0.413 bits per heavy atom. The molecular weight excluding hydrogens is 585 g/mol. The van der Waals surface area contributed by atoms with E-state index in [0.29, 0.717) is 17.5 Å². The van der Waals surface area contributed by atoms with Crippen LogP contribution in [0.25, 0.3) is 88.0 Å².